The quantitative estimate of drug-likeness (QED) is 0.290. The number of hydrogen-bond acceptors (Lipinski definition) is 0. The molecule has 5 heteroatoms. The molecule has 33 heavy (non-hydrogen) atoms. The standard InChI is InChI=1S/C28H35F5/c1-2-5-20-8-12-22(13-9-20)16-17-23-14-10-21(11-15-23)6-3-4-7-24-18-25(29)27(26(30)19-24)28(31,32)33/h3,6,18-23H,2,5,8-17H2,1H3/b6-3+. The van der Waals surface area contributed by atoms with Crippen LogP contribution in [0.1, 0.15) is 95.1 Å². The second kappa shape index (κ2) is 12.0. The number of benzene rings is 1. The monoisotopic (exact) mass is 466 g/mol. The molecule has 0 heterocycles. The zero-order chi connectivity index (χ0) is 23.8. The molecule has 1 aromatic rings. The Labute approximate surface area is 195 Å². The van der Waals surface area contributed by atoms with Gasteiger partial charge in [-0.2, -0.15) is 13.2 Å². The summed E-state index contributed by atoms with van der Waals surface area (Å²) in [5.74, 6) is 5.12. The van der Waals surface area contributed by atoms with Crippen molar-refractivity contribution >= 4 is 0 Å². The molecule has 0 aromatic heterocycles. The molecule has 0 N–H and O–H groups in total. The molecule has 0 bridgehead atoms. The largest absolute Gasteiger partial charge is 0.422 e. The lowest BCUT2D eigenvalue weighted by atomic mass is 9.75. The number of halogens is 5. The molecule has 182 valence electrons. The van der Waals surface area contributed by atoms with Gasteiger partial charge in [-0.1, -0.05) is 76.2 Å². The zero-order valence-electron chi connectivity index (χ0n) is 19.5. The van der Waals surface area contributed by atoms with Crippen molar-refractivity contribution in [2.75, 3.05) is 0 Å². The van der Waals surface area contributed by atoms with Gasteiger partial charge in [0.25, 0.3) is 0 Å². The summed E-state index contributed by atoms with van der Waals surface area (Å²) in [4.78, 5) is 0. The molecule has 0 radical (unpaired) electrons. The minimum absolute atomic E-state index is 0.102. The van der Waals surface area contributed by atoms with Gasteiger partial charge < -0.3 is 0 Å². The maximum atomic E-state index is 13.6. The van der Waals surface area contributed by atoms with Gasteiger partial charge in [0.15, 0.2) is 0 Å². The van der Waals surface area contributed by atoms with Crippen LogP contribution in [0.2, 0.25) is 0 Å². The maximum absolute atomic E-state index is 13.6. The Hall–Kier alpha value is -1.83. The van der Waals surface area contributed by atoms with E-state index in [-0.39, 0.29) is 5.56 Å². The second-order valence-electron chi connectivity index (χ2n) is 9.97. The summed E-state index contributed by atoms with van der Waals surface area (Å²) in [7, 11) is 0. The molecule has 0 atom stereocenters. The van der Waals surface area contributed by atoms with Gasteiger partial charge in [-0.15, -0.1) is 0 Å². The van der Waals surface area contributed by atoms with Crippen molar-refractivity contribution in [3.05, 3.63) is 47.0 Å². The van der Waals surface area contributed by atoms with Crippen LogP contribution in [-0.2, 0) is 6.18 Å². The predicted molar refractivity (Wildman–Crippen MR) is 122 cm³/mol. The number of alkyl halides is 3. The molecule has 0 spiro atoms. The molecule has 0 nitrogen and oxygen atoms in total. The van der Waals surface area contributed by atoms with Gasteiger partial charge in [0, 0.05) is 5.56 Å². The van der Waals surface area contributed by atoms with E-state index in [0.29, 0.717) is 18.1 Å². The van der Waals surface area contributed by atoms with Crippen molar-refractivity contribution < 1.29 is 22.0 Å². The summed E-state index contributed by atoms with van der Waals surface area (Å²) in [5, 5.41) is 0. The van der Waals surface area contributed by atoms with Crippen molar-refractivity contribution in [3.8, 4) is 11.8 Å². The van der Waals surface area contributed by atoms with Gasteiger partial charge in [-0.05, 0) is 67.6 Å². The number of hydrogen-bond donors (Lipinski definition) is 0. The first-order chi connectivity index (χ1) is 15.8. The van der Waals surface area contributed by atoms with Gasteiger partial charge in [0.05, 0.1) is 0 Å². The molecule has 0 aliphatic heterocycles. The first-order valence-electron chi connectivity index (χ1n) is 12.5. The van der Waals surface area contributed by atoms with E-state index in [0.717, 1.165) is 30.6 Å². The van der Waals surface area contributed by atoms with Gasteiger partial charge >= 0.3 is 6.18 Å². The Balaban J connectivity index is 1.40. The molecule has 1 aromatic carbocycles. The summed E-state index contributed by atoms with van der Waals surface area (Å²) >= 11 is 0. The molecule has 2 aliphatic carbocycles. The topological polar surface area (TPSA) is 0 Å². The molecule has 2 aliphatic rings. The molecular weight excluding hydrogens is 431 g/mol. The molecule has 2 saturated carbocycles. The van der Waals surface area contributed by atoms with Crippen molar-refractivity contribution in [2.24, 2.45) is 23.7 Å². The third kappa shape index (κ3) is 7.87. The molecule has 2 fully saturated rings. The normalized spacial score (nSPS) is 26.2. The van der Waals surface area contributed by atoms with E-state index in [2.05, 4.69) is 18.8 Å². The van der Waals surface area contributed by atoms with Crippen LogP contribution in [0.3, 0.4) is 0 Å². The highest BCUT2D eigenvalue weighted by atomic mass is 19.4. The van der Waals surface area contributed by atoms with E-state index in [4.69, 9.17) is 0 Å². The maximum Gasteiger partial charge on any atom is 0.422 e. The fraction of sp³-hybridized carbons (Fsp3) is 0.643. The summed E-state index contributed by atoms with van der Waals surface area (Å²) < 4.78 is 65.2. The van der Waals surface area contributed by atoms with E-state index >= 15 is 0 Å². The van der Waals surface area contributed by atoms with Crippen molar-refractivity contribution in [3.63, 3.8) is 0 Å². The van der Waals surface area contributed by atoms with Crippen molar-refractivity contribution in [1.82, 2.24) is 0 Å². The summed E-state index contributed by atoms with van der Waals surface area (Å²) in [6, 6.07) is 1.27. The van der Waals surface area contributed by atoms with Gasteiger partial charge in [0.2, 0.25) is 0 Å². The fourth-order valence-electron chi connectivity index (χ4n) is 5.58. The van der Waals surface area contributed by atoms with E-state index in [1.165, 1.54) is 64.2 Å². The Morgan fingerprint density at radius 3 is 1.79 bits per heavy atom. The second-order valence-corrected chi connectivity index (χ2v) is 9.97. The minimum Gasteiger partial charge on any atom is -0.206 e. The highest BCUT2D eigenvalue weighted by Crippen LogP contribution is 2.38. The lowest BCUT2D eigenvalue weighted by Crippen LogP contribution is -2.17. The third-order valence-corrected chi connectivity index (χ3v) is 7.53. The first-order valence-corrected chi connectivity index (χ1v) is 12.5. The van der Waals surface area contributed by atoms with Crippen molar-refractivity contribution in [2.45, 2.75) is 90.1 Å². The zero-order valence-corrected chi connectivity index (χ0v) is 19.5. The van der Waals surface area contributed by atoms with Crippen LogP contribution >= 0.6 is 0 Å². The summed E-state index contributed by atoms with van der Waals surface area (Å²) in [5.41, 5.74) is -1.97. The summed E-state index contributed by atoms with van der Waals surface area (Å²) in [6.45, 7) is 2.28. The van der Waals surface area contributed by atoms with E-state index in [9.17, 15) is 22.0 Å². The molecule has 3 rings (SSSR count). The average molecular weight is 467 g/mol. The highest BCUT2D eigenvalue weighted by Gasteiger charge is 2.37. The Bertz CT molecular complexity index is 818. The predicted octanol–water partition coefficient (Wildman–Crippen LogP) is 9.08. The first kappa shape index (κ1) is 25.8. The van der Waals surface area contributed by atoms with Crippen LogP contribution in [0.5, 0.6) is 0 Å². The van der Waals surface area contributed by atoms with Crippen LogP contribution in [-0.4, -0.2) is 0 Å². The van der Waals surface area contributed by atoms with Gasteiger partial charge in [0.1, 0.15) is 17.2 Å². The molecule has 0 saturated heterocycles. The van der Waals surface area contributed by atoms with Crippen LogP contribution in [0.25, 0.3) is 0 Å². The van der Waals surface area contributed by atoms with Crippen molar-refractivity contribution in [1.29, 1.82) is 0 Å². The van der Waals surface area contributed by atoms with Crippen LogP contribution < -0.4 is 0 Å². The van der Waals surface area contributed by atoms with E-state index in [1.54, 1.807) is 6.08 Å². The molecule has 0 amide bonds. The Morgan fingerprint density at radius 2 is 1.30 bits per heavy atom. The lowest BCUT2D eigenvalue weighted by Gasteiger charge is -2.31. The van der Waals surface area contributed by atoms with Crippen LogP contribution in [0.15, 0.2) is 24.3 Å². The van der Waals surface area contributed by atoms with Crippen LogP contribution in [0.4, 0.5) is 22.0 Å². The van der Waals surface area contributed by atoms with Crippen LogP contribution in [0, 0.1) is 47.1 Å². The SMILES string of the molecule is CCCC1CCC(CCC2CCC(/C=C/C#Cc3cc(F)c(C(F)(F)F)c(F)c3)CC2)CC1. The fourth-order valence-corrected chi connectivity index (χ4v) is 5.58. The smallest absolute Gasteiger partial charge is 0.206 e. The number of rotatable bonds is 6. The average Bonchev–Trinajstić information content (AvgIpc) is 2.76. The Kier molecular flexibility index (Phi) is 9.41. The minimum atomic E-state index is -5.06. The lowest BCUT2D eigenvalue weighted by molar-refractivity contribution is -0.142. The van der Waals surface area contributed by atoms with Gasteiger partial charge in [-0.25, -0.2) is 8.78 Å². The van der Waals surface area contributed by atoms with E-state index < -0.39 is 23.4 Å². The highest BCUT2D eigenvalue weighted by molar-refractivity contribution is 5.40. The summed E-state index contributed by atoms with van der Waals surface area (Å²) in [6.07, 6.45) is 14.4. The van der Waals surface area contributed by atoms with E-state index in [1.807, 2.05) is 6.08 Å². The molecule has 0 unspecified atom stereocenters. The van der Waals surface area contributed by atoms with Gasteiger partial charge in [-0.3, -0.25) is 0 Å². The molecular formula is C28H35F5. The number of allylic oxidation sites excluding steroid dienone is 2. The Morgan fingerprint density at radius 1 is 0.818 bits per heavy atom. The third-order valence-electron chi connectivity index (χ3n) is 7.53.